The van der Waals surface area contributed by atoms with Crippen molar-refractivity contribution in [3.05, 3.63) is 18.2 Å². The summed E-state index contributed by atoms with van der Waals surface area (Å²) < 4.78 is 13.6. The Labute approximate surface area is 85.1 Å². The van der Waals surface area contributed by atoms with E-state index in [-0.39, 0.29) is 0 Å². The van der Waals surface area contributed by atoms with Gasteiger partial charge in [0.25, 0.3) is 0 Å². The van der Waals surface area contributed by atoms with Gasteiger partial charge < -0.3 is 14.2 Å². The highest BCUT2D eigenvalue weighted by atomic mass is 35.5. The third-order valence-electron chi connectivity index (χ3n) is 1.61. The molecule has 1 aliphatic rings. The molecular formula is C8H6Cl2O3. The third-order valence-corrected chi connectivity index (χ3v) is 1.92. The van der Waals surface area contributed by atoms with Gasteiger partial charge >= 0.3 is 4.71 Å². The summed E-state index contributed by atoms with van der Waals surface area (Å²) in [6.45, 7) is 0. The highest BCUT2D eigenvalue weighted by molar-refractivity contribution is 6.46. The molecule has 1 heterocycles. The van der Waals surface area contributed by atoms with E-state index in [4.69, 9.17) is 37.4 Å². The summed E-state index contributed by atoms with van der Waals surface area (Å²) in [7, 11) is 1.53. The molecular weight excluding hydrogens is 215 g/mol. The number of alkyl halides is 2. The lowest BCUT2D eigenvalue weighted by molar-refractivity contribution is 0.0833. The molecule has 1 aliphatic heterocycles. The second-order valence-corrected chi connectivity index (χ2v) is 3.64. The molecule has 2 rings (SSSR count). The Morgan fingerprint density at radius 2 is 2.08 bits per heavy atom. The number of rotatable bonds is 1. The topological polar surface area (TPSA) is 27.7 Å². The fraction of sp³-hybridized carbons (Fsp3) is 0.250. The van der Waals surface area contributed by atoms with Gasteiger partial charge in [0, 0.05) is 0 Å². The van der Waals surface area contributed by atoms with Crippen LogP contribution >= 0.6 is 23.2 Å². The molecule has 5 heteroatoms. The van der Waals surface area contributed by atoms with Crippen molar-refractivity contribution in [2.45, 2.75) is 4.71 Å². The van der Waals surface area contributed by atoms with Crippen LogP contribution in [0, 0.1) is 0 Å². The van der Waals surface area contributed by atoms with Gasteiger partial charge in [0.05, 0.1) is 7.11 Å². The zero-order chi connectivity index (χ0) is 9.47. The van der Waals surface area contributed by atoms with E-state index in [1.165, 1.54) is 7.11 Å². The van der Waals surface area contributed by atoms with Crippen LogP contribution in [-0.2, 0) is 0 Å². The zero-order valence-electron chi connectivity index (χ0n) is 6.71. The Balaban J connectivity index is 2.45. The second-order valence-electron chi connectivity index (χ2n) is 2.46. The normalized spacial score (nSPS) is 17.2. The van der Waals surface area contributed by atoms with Gasteiger partial charge in [0.1, 0.15) is 0 Å². The molecule has 3 nitrogen and oxygen atoms in total. The second kappa shape index (κ2) is 2.86. The summed E-state index contributed by atoms with van der Waals surface area (Å²) >= 11 is 11.3. The van der Waals surface area contributed by atoms with Crippen molar-refractivity contribution in [2.75, 3.05) is 7.11 Å². The van der Waals surface area contributed by atoms with Crippen LogP contribution in [0.2, 0.25) is 0 Å². The molecule has 0 bridgehead atoms. The first-order valence-electron chi connectivity index (χ1n) is 3.55. The minimum atomic E-state index is -1.64. The van der Waals surface area contributed by atoms with E-state index in [1.807, 2.05) is 0 Å². The number of methoxy groups -OCH3 is 1. The average molecular weight is 221 g/mol. The van der Waals surface area contributed by atoms with Gasteiger partial charge in [0.15, 0.2) is 11.5 Å². The standard InChI is InChI=1S/C8H6Cl2O3/c1-11-5-3-2-4-6-7(5)13-8(9,10)12-6/h2-4H,1H3. The smallest absolute Gasteiger partial charge is 0.419 e. The Hall–Kier alpha value is -0.800. The van der Waals surface area contributed by atoms with E-state index in [9.17, 15) is 0 Å². The molecule has 1 aromatic carbocycles. The molecule has 13 heavy (non-hydrogen) atoms. The van der Waals surface area contributed by atoms with Gasteiger partial charge in [-0.25, -0.2) is 0 Å². The fourth-order valence-corrected chi connectivity index (χ4v) is 1.43. The maximum absolute atomic E-state index is 5.63. The van der Waals surface area contributed by atoms with Crippen molar-refractivity contribution < 1.29 is 14.2 Å². The van der Waals surface area contributed by atoms with Gasteiger partial charge in [-0.2, -0.15) is 0 Å². The zero-order valence-corrected chi connectivity index (χ0v) is 8.22. The molecule has 0 saturated carbocycles. The van der Waals surface area contributed by atoms with Crippen LogP contribution in [0.25, 0.3) is 0 Å². The molecule has 0 N–H and O–H groups in total. The highest BCUT2D eigenvalue weighted by Gasteiger charge is 2.39. The van der Waals surface area contributed by atoms with E-state index in [2.05, 4.69) is 0 Å². The Morgan fingerprint density at radius 3 is 2.77 bits per heavy atom. The number of halogens is 2. The number of benzene rings is 1. The monoisotopic (exact) mass is 220 g/mol. The molecule has 0 spiro atoms. The molecule has 0 unspecified atom stereocenters. The highest BCUT2D eigenvalue weighted by Crippen LogP contribution is 2.48. The lowest BCUT2D eigenvalue weighted by Crippen LogP contribution is -2.22. The number of ether oxygens (including phenoxy) is 3. The number of para-hydroxylation sites is 1. The summed E-state index contributed by atoms with van der Waals surface area (Å²) in [5.41, 5.74) is 0. The van der Waals surface area contributed by atoms with Gasteiger partial charge in [-0.05, 0) is 35.3 Å². The molecule has 0 atom stereocenters. The van der Waals surface area contributed by atoms with Gasteiger partial charge in [0.2, 0.25) is 5.75 Å². The van der Waals surface area contributed by atoms with Crippen molar-refractivity contribution in [1.82, 2.24) is 0 Å². The maximum Gasteiger partial charge on any atom is 0.419 e. The van der Waals surface area contributed by atoms with E-state index in [0.717, 1.165) is 0 Å². The van der Waals surface area contributed by atoms with E-state index in [1.54, 1.807) is 18.2 Å². The van der Waals surface area contributed by atoms with Crippen molar-refractivity contribution >= 4 is 23.2 Å². The Bertz CT molecular complexity index is 338. The molecule has 0 saturated heterocycles. The van der Waals surface area contributed by atoms with E-state index >= 15 is 0 Å². The maximum atomic E-state index is 5.63. The first-order chi connectivity index (χ1) is 6.12. The Kier molecular flexibility index (Phi) is 1.93. The summed E-state index contributed by atoms with van der Waals surface area (Å²) in [6, 6.07) is 5.19. The first-order valence-corrected chi connectivity index (χ1v) is 4.31. The van der Waals surface area contributed by atoms with E-state index < -0.39 is 4.71 Å². The number of hydrogen-bond acceptors (Lipinski definition) is 3. The lowest BCUT2D eigenvalue weighted by Gasteiger charge is -2.09. The van der Waals surface area contributed by atoms with Gasteiger partial charge in [-0.1, -0.05) is 6.07 Å². The molecule has 0 amide bonds. The van der Waals surface area contributed by atoms with Crippen LogP contribution in [0.3, 0.4) is 0 Å². The van der Waals surface area contributed by atoms with Gasteiger partial charge in [-0.15, -0.1) is 0 Å². The molecule has 1 aromatic rings. The number of hydrogen-bond donors (Lipinski definition) is 0. The molecule has 0 radical (unpaired) electrons. The first kappa shape index (κ1) is 8.78. The average Bonchev–Trinajstić information content (AvgIpc) is 2.37. The van der Waals surface area contributed by atoms with Crippen LogP contribution in [0.15, 0.2) is 18.2 Å². The lowest BCUT2D eigenvalue weighted by atomic mass is 10.3. The Morgan fingerprint density at radius 1 is 1.31 bits per heavy atom. The SMILES string of the molecule is COc1cccc2c1OC(Cl)(Cl)O2. The van der Waals surface area contributed by atoms with Crippen LogP contribution in [0.1, 0.15) is 0 Å². The van der Waals surface area contributed by atoms with Crippen LogP contribution in [0.5, 0.6) is 17.2 Å². The van der Waals surface area contributed by atoms with Crippen molar-refractivity contribution in [1.29, 1.82) is 0 Å². The predicted octanol–water partition coefficient (Wildman–Crippen LogP) is 2.56. The van der Waals surface area contributed by atoms with E-state index in [0.29, 0.717) is 17.2 Å². The summed E-state index contributed by atoms with van der Waals surface area (Å²) in [5, 5.41) is 0. The summed E-state index contributed by atoms with van der Waals surface area (Å²) in [5.74, 6) is 1.44. The van der Waals surface area contributed by atoms with Crippen molar-refractivity contribution in [2.24, 2.45) is 0 Å². The van der Waals surface area contributed by atoms with Crippen LogP contribution in [0.4, 0.5) is 0 Å². The number of fused-ring (bicyclic) bond motifs is 1. The van der Waals surface area contributed by atoms with Crippen LogP contribution < -0.4 is 14.2 Å². The van der Waals surface area contributed by atoms with Crippen molar-refractivity contribution in [3.63, 3.8) is 0 Å². The molecule has 70 valence electrons. The van der Waals surface area contributed by atoms with Crippen LogP contribution in [-0.4, -0.2) is 11.8 Å². The summed E-state index contributed by atoms with van der Waals surface area (Å²) in [6.07, 6.45) is 0. The molecule has 0 fully saturated rings. The minimum Gasteiger partial charge on any atom is -0.493 e. The quantitative estimate of drug-likeness (QED) is 0.682. The minimum absolute atomic E-state index is 0.426. The largest absolute Gasteiger partial charge is 0.493 e. The predicted molar refractivity (Wildman–Crippen MR) is 48.7 cm³/mol. The molecule has 0 aromatic heterocycles. The third kappa shape index (κ3) is 1.49. The summed E-state index contributed by atoms with van der Waals surface area (Å²) in [4.78, 5) is 0. The fourth-order valence-electron chi connectivity index (χ4n) is 1.11. The van der Waals surface area contributed by atoms with Crippen molar-refractivity contribution in [3.8, 4) is 17.2 Å². The van der Waals surface area contributed by atoms with Gasteiger partial charge in [-0.3, -0.25) is 0 Å². The molecule has 0 aliphatic carbocycles.